The van der Waals surface area contributed by atoms with Crippen LogP contribution in [0.2, 0.25) is 0 Å². The standard InChI is InChI=1S/C17H15BrN2O3S/c1-11(21)12-2-6-14(7-3-12)19-17(24)20-16(22)10-23-15-8-4-13(18)5-9-15/h2-9H,10H2,1H3,(H2,19,20,22,24). The Morgan fingerprint density at radius 1 is 1.08 bits per heavy atom. The molecular formula is C17H15BrN2O3S. The summed E-state index contributed by atoms with van der Waals surface area (Å²) in [6.07, 6.45) is 0. The third-order valence-electron chi connectivity index (χ3n) is 2.99. The van der Waals surface area contributed by atoms with Crippen LogP contribution in [-0.2, 0) is 4.79 Å². The predicted molar refractivity (Wildman–Crippen MR) is 100 cm³/mol. The van der Waals surface area contributed by atoms with Crippen molar-refractivity contribution in [1.29, 1.82) is 0 Å². The molecule has 0 aliphatic heterocycles. The maximum Gasteiger partial charge on any atom is 0.264 e. The van der Waals surface area contributed by atoms with Crippen LogP contribution < -0.4 is 15.4 Å². The monoisotopic (exact) mass is 406 g/mol. The Hall–Kier alpha value is -2.25. The Balaban J connectivity index is 1.79. The molecule has 0 spiro atoms. The first kappa shape index (κ1) is 18.1. The summed E-state index contributed by atoms with van der Waals surface area (Å²) in [6.45, 7) is 1.35. The van der Waals surface area contributed by atoms with E-state index in [0.717, 1.165) is 4.47 Å². The van der Waals surface area contributed by atoms with Crippen molar-refractivity contribution in [3.8, 4) is 5.75 Å². The zero-order valence-corrected chi connectivity index (χ0v) is 15.2. The van der Waals surface area contributed by atoms with Gasteiger partial charge in [-0.15, -0.1) is 0 Å². The molecule has 5 nitrogen and oxygen atoms in total. The highest BCUT2D eigenvalue weighted by molar-refractivity contribution is 9.10. The summed E-state index contributed by atoms with van der Waals surface area (Å²) >= 11 is 8.40. The van der Waals surface area contributed by atoms with E-state index in [0.29, 0.717) is 17.0 Å². The summed E-state index contributed by atoms with van der Waals surface area (Å²) in [5.74, 6) is 0.213. The molecule has 2 rings (SSSR count). The first-order chi connectivity index (χ1) is 11.4. The summed E-state index contributed by atoms with van der Waals surface area (Å²) in [5, 5.41) is 5.56. The van der Waals surface area contributed by atoms with Crippen molar-refractivity contribution in [2.45, 2.75) is 6.92 Å². The first-order valence-electron chi connectivity index (χ1n) is 7.04. The van der Waals surface area contributed by atoms with Crippen LogP contribution in [0.3, 0.4) is 0 Å². The fraction of sp³-hybridized carbons (Fsp3) is 0.118. The quantitative estimate of drug-likeness (QED) is 0.586. The number of ketones is 1. The van der Waals surface area contributed by atoms with Crippen LogP contribution in [-0.4, -0.2) is 23.4 Å². The fourth-order valence-corrected chi connectivity index (χ4v) is 2.29. The molecule has 1 amide bonds. The number of thiocarbonyl (C=S) groups is 1. The minimum Gasteiger partial charge on any atom is -0.484 e. The number of amides is 1. The number of hydrogen-bond donors (Lipinski definition) is 2. The molecule has 2 N–H and O–H groups in total. The Labute approximate surface area is 153 Å². The molecule has 2 aromatic rings. The lowest BCUT2D eigenvalue weighted by atomic mass is 10.1. The van der Waals surface area contributed by atoms with Gasteiger partial charge in [0.25, 0.3) is 5.91 Å². The van der Waals surface area contributed by atoms with E-state index >= 15 is 0 Å². The first-order valence-corrected chi connectivity index (χ1v) is 8.24. The summed E-state index contributed by atoms with van der Waals surface area (Å²) in [4.78, 5) is 23.0. The maximum atomic E-state index is 11.8. The van der Waals surface area contributed by atoms with E-state index in [4.69, 9.17) is 17.0 Å². The van der Waals surface area contributed by atoms with E-state index in [9.17, 15) is 9.59 Å². The number of halogens is 1. The van der Waals surface area contributed by atoms with Gasteiger partial charge in [-0.05, 0) is 67.7 Å². The molecule has 0 saturated carbocycles. The maximum absolute atomic E-state index is 11.8. The van der Waals surface area contributed by atoms with Gasteiger partial charge in [-0.25, -0.2) is 0 Å². The lowest BCUT2D eigenvalue weighted by Crippen LogP contribution is -2.37. The average Bonchev–Trinajstić information content (AvgIpc) is 2.54. The van der Waals surface area contributed by atoms with E-state index < -0.39 is 0 Å². The summed E-state index contributed by atoms with van der Waals surface area (Å²) in [5.41, 5.74) is 1.29. The summed E-state index contributed by atoms with van der Waals surface area (Å²) in [6, 6.07) is 14.0. The molecule has 0 saturated heterocycles. The zero-order chi connectivity index (χ0) is 17.5. The minimum atomic E-state index is -0.365. The number of rotatable bonds is 5. The molecule has 24 heavy (non-hydrogen) atoms. The van der Waals surface area contributed by atoms with Crippen LogP contribution >= 0.6 is 28.1 Å². The average molecular weight is 407 g/mol. The molecule has 0 bridgehead atoms. The Kier molecular flexibility index (Phi) is 6.45. The molecule has 0 fully saturated rings. The molecule has 0 radical (unpaired) electrons. The van der Waals surface area contributed by atoms with Gasteiger partial charge in [0.15, 0.2) is 17.5 Å². The van der Waals surface area contributed by atoms with Crippen LogP contribution in [0.25, 0.3) is 0 Å². The molecule has 0 unspecified atom stereocenters. The van der Waals surface area contributed by atoms with Gasteiger partial charge < -0.3 is 10.1 Å². The molecule has 7 heteroatoms. The van der Waals surface area contributed by atoms with Crippen LogP contribution in [0.1, 0.15) is 17.3 Å². The van der Waals surface area contributed by atoms with Gasteiger partial charge in [0.2, 0.25) is 0 Å². The number of anilines is 1. The van der Waals surface area contributed by atoms with Crippen molar-refractivity contribution in [2.24, 2.45) is 0 Å². The molecule has 124 valence electrons. The number of benzene rings is 2. The van der Waals surface area contributed by atoms with Gasteiger partial charge in [-0.1, -0.05) is 15.9 Å². The largest absolute Gasteiger partial charge is 0.484 e. The smallest absolute Gasteiger partial charge is 0.264 e. The lowest BCUT2D eigenvalue weighted by molar-refractivity contribution is -0.121. The van der Waals surface area contributed by atoms with E-state index in [2.05, 4.69) is 26.6 Å². The second-order valence-electron chi connectivity index (χ2n) is 4.88. The predicted octanol–water partition coefficient (Wildman–Crippen LogP) is 3.54. The van der Waals surface area contributed by atoms with E-state index in [1.165, 1.54) is 6.92 Å². The summed E-state index contributed by atoms with van der Waals surface area (Å²) < 4.78 is 6.29. The number of carbonyl (C=O) groups is 2. The molecule has 0 aliphatic carbocycles. The van der Waals surface area contributed by atoms with Crippen molar-refractivity contribution < 1.29 is 14.3 Å². The van der Waals surface area contributed by atoms with E-state index in [-0.39, 0.29) is 23.4 Å². The highest BCUT2D eigenvalue weighted by Gasteiger charge is 2.06. The second kappa shape index (κ2) is 8.56. The van der Waals surface area contributed by atoms with Gasteiger partial charge in [0.05, 0.1) is 0 Å². The van der Waals surface area contributed by atoms with Gasteiger partial charge in [-0.2, -0.15) is 0 Å². The van der Waals surface area contributed by atoms with E-state index in [1.54, 1.807) is 36.4 Å². The van der Waals surface area contributed by atoms with Crippen molar-refractivity contribution in [3.63, 3.8) is 0 Å². The second-order valence-corrected chi connectivity index (χ2v) is 6.20. The zero-order valence-electron chi connectivity index (χ0n) is 12.8. The highest BCUT2D eigenvalue weighted by atomic mass is 79.9. The third-order valence-corrected chi connectivity index (χ3v) is 3.72. The Morgan fingerprint density at radius 3 is 2.29 bits per heavy atom. The number of carbonyl (C=O) groups excluding carboxylic acids is 2. The van der Waals surface area contributed by atoms with Gasteiger partial charge >= 0.3 is 0 Å². The van der Waals surface area contributed by atoms with Gasteiger partial charge in [0.1, 0.15) is 5.75 Å². The van der Waals surface area contributed by atoms with Gasteiger partial charge in [0, 0.05) is 15.7 Å². The number of ether oxygens (including phenoxy) is 1. The van der Waals surface area contributed by atoms with Crippen LogP contribution in [0, 0.1) is 0 Å². The van der Waals surface area contributed by atoms with Crippen molar-refractivity contribution in [3.05, 3.63) is 58.6 Å². The fourth-order valence-electron chi connectivity index (χ4n) is 1.79. The molecule has 0 aliphatic rings. The summed E-state index contributed by atoms with van der Waals surface area (Å²) in [7, 11) is 0. The highest BCUT2D eigenvalue weighted by Crippen LogP contribution is 2.15. The normalized spacial score (nSPS) is 9.92. The molecule has 0 atom stereocenters. The molecule has 0 aromatic heterocycles. The third kappa shape index (κ3) is 5.75. The van der Waals surface area contributed by atoms with Crippen molar-refractivity contribution in [2.75, 3.05) is 11.9 Å². The van der Waals surface area contributed by atoms with Crippen molar-refractivity contribution in [1.82, 2.24) is 5.32 Å². The SMILES string of the molecule is CC(=O)c1ccc(NC(=S)NC(=O)COc2ccc(Br)cc2)cc1. The topological polar surface area (TPSA) is 67.4 Å². The van der Waals surface area contributed by atoms with Crippen LogP contribution in [0.4, 0.5) is 5.69 Å². The molecule has 0 heterocycles. The Morgan fingerprint density at radius 2 is 1.71 bits per heavy atom. The Bertz CT molecular complexity index is 745. The lowest BCUT2D eigenvalue weighted by Gasteiger charge is -2.10. The number of Topliss-reactive ketones (excluding diaryl/α,β-unsaturated/α-hetero) is 1. The van der Waals surface area contributed by atoms with Gasteiger partial charge in [-0.3, -0.25) is 14.9 Å². The molecule has 2 aromatic carbocycles. The van der Waals surface area contributed by atoms with E-state index in [1.807, 2.05) is 12.1 Å². The number of nitrogens with one attached hydrogen (secondary N) is 2. The minimum absolute atomic E-state index is 0.0116. The molecular weight excluding hydrogens is 392 g/mol. The van der Waals surface area contributed by atoms with Crippen molar-refractivity contribution >= 4 is 50.6 Å². The number of hydrogen-bond acceptors (Lipinski definition) is 4. The van der Waals surface area contributed by atoms with Crippen LogP contribution in [0.5, 0.6) is 5.75 Å². The van der Waals surface area contributed by atoms with Crippen LogP contribution in [0.15, 0.2) is 53.0 Å².